The standard InChI is InChI=1S/C24H34O2S2Si/c1-24(2,3)29(4,5)26-20-14-9-13-19(17-20)22(25)21(18-11-7-6-8-12-18)23-27-15-10-16-28-23/h6-9,11-14,17,21-23,25H,10,15-16H2,1-5H3. The molecule has 158 valence electrons. The van der Waals surface area contributed by atoms with Crippen LogP contribution in [0.2, 0.25) is 18.1 Å². The predicted molar refractivity (Wildman–Crippen MR) is 132 cm³/mol. The van der Waals surface area contributed by atoms with Crippen LogP contribution >= 0.6 is 23.5 Å². The first-order valence-electron chi connectivity index (χ1n) is 10.4. The van der Waals surface area contributed by atoms with Crippen molar-refractivity contribution in [2.75, 3.05) is 11.5 Å². The molecule has 2 unspecified atom stereocenters. The molecule has 3 rings (SSSR count). The molecule has 2 atom stereocenters. The zero-order valence-electron chi connectivity index (χ0n) is 18.2. The maximum absolute atomic E-state index is 11.5. The van der Waals surface area contributed by atoms with Crippen LogP contribution in [-0.2, 0) is 0 Å². The maximum Gasteiger partial charge on any atom is 0.250 e. The van der Waals surface area contributed by atoms with Crippen molar-refractivity contribution >= 4 is 31.8 Å². The van der Waals surface area contributed by atoms with Crippen LogP contribution in [-0.4, -0.2) is 29.5 Å². The van der Waals surface area contributed by atoms with Crippen molar-refractivity contribution in [1.29, 1.82) is 0 Å². The lowest BCUT2D eigenvalue weighted by Crippen LogP contribution is -2.43. The molecule has 5 heteroatoms. The quantitative estimate of drug-likeness (QED) is 0.480. The molecule has 0 amide bonds. The van der Waals surface area contributed by atoms with Crippen molar-refractivity contribution in [3.8, 4) is 5.75 Å². The van der Waals surface area contributed by atoms with Gasteiger partial charge >= 0.3 is 0 Å². The topological polar surface area (TPSA) is 29.5 Å². The van der Waals surface area contributed by atoms with Gasteiger partial charge in [0.2, 0.25) is 8.32 Å². The van der Waals surface area contributed by atoms with Gasteiger partial charge in [0, 0.05) is 5.92 Å². The zero-order valence-corrected chi connectivity index (χ0v) is 20.9. The monoisotopic (exact) mass is 446 g/mol. The summed E-state index contributed by atoms with van der Waals surface area (Å²) in [5.41, 5.74) is 2.16. The number of rotatable bonds is 6. The summed E-state index contributed by atoms with van der Waals surface area (Å²) in [6.45, 7) is 11.3. The predicted octanol–water partition coefficient (Wildman–Crippen LogP) is 7.08. The van der Waals surface area contributed by atoms with Gasteiger partial charge in [0.15, 0.2) is 0 Å². The molecule has 2 nitrogen and oxygen atoms in total. The number of hydrogen-bond acceptors (Lipinski definition) is 4. The molecule has 1 saturated heterocycles. The second-order valence-corrected chi connectivity index (χ2v) is 16.8. The minimum absolute atomic E-state index is 0.0645. The molecule has 0 aromatic heterocycles. The van der Waals surface area contributed by atoms with E-state index in [1.807, 2.05) is 47.8 Å². The maximum atomic E-state index is 11.5. The Hall–Kier alpha value is -0.883. The summed E-state index contributed by atoms with van der Waals surface area (Å²) >= 11 is 3.97. The summed E-state index contributed by atoms with van der Waals surface area (Å²) in [5, 5.41) is 11.6. The molecule has 0 bridgehead atoms. The lowest BCUT2D eigenvalue weighted by molar-refractivity contribution is 0.150. The van der Waals surface area contributed by atoms with Gasteiger partial charge < -0.3 is 9.53 Å². The highest BCUT2D eigenvalue weighted by atomic mass is 32.2. The van der Waals surface area contributed by atoms with Gasteiger partial charge in [0.05, 0.1) is 10.7 Å². The van der Waals surface area contributed by atoms with E-state index in [-0.39, 0.29) is 11.0 Å². The fourth-order valence-electron chi connectivity index (χ4n) is 3.29. The van der Waals surface area contributed by atoms with E-state index in [2.05, 4.69) is 64.2 Å². The summed E-state index contributed by atoms with van der Waals surface area (Å²) in [7, 11) is -1.92. The number of aliphatic hydroxyl groups is 1. The Bertz CT molecular complexity index is 783. The second-order valence-electron chi connectivity index (χ2n) is 9.28. The van der Waals surface area contributed by atoms with Crippen molar-refractivity contribution in [3.63, 3.8) is 0 Å². The minimum atomic E-state index is -1.92. The van der Waals surface area contributed by atoms with Gasteiger partial charge in [-0.15, -0.1) is 23.5 Å². The molecule has 1 aliphatic heterocycles. The van der Waals surface area contributed by atoms with Crippen molar-refractivity contribution in [2.45, 2.75) is 61.9 Å². The summed E-state index contributed by atoms with van der Waals surface area (Å²) in [4.78, 5) is 0. The highest BCUT2D eigenvalue weighted by Crippen LogP contribution is 2.47. The van der Waals surface area contributed by atoms with Gasteiger partial charge in [-0.25, -0.2) is 0 Å². The number of thioether (sulfide) groups is 2. The summed E-state index contributed by atoms with van der Waals surface area (Å²) in [6, 6.07) is 18.6. The fraction of sp³-hybridized carbons (Fsp3) is 0.500. The van der Waals surface area contributed by atoms with Gasteiger partial charge in [-0.2, -0.15) is 0 Å². The molecule has 0 saturated carbocycles. The number of hydrogen-bond donors (Lipinski definition) is 1. The summed E-state index contributed by atoms with van der Waals surface area (Å²) < 4.78 is 6.87. The van der Waals surface area contributed by atoms with Crippen LogP contribution in [0.5, 0.6) is 5.75 Å². The Morgan fingerprint density at radius 2 is 1.59 bits per heavy atom. The van der Waals surface area contributed by atoms with E-state index in [1.54, 1.807) is 0 Å². The van der Waals surface area contributed by atoms with E-state index in [9.17, 15) is 5.11 Å². The number of aliphatic hydroxyl groups excluding tert-OH is 1. The molecule has 0 aliphatic carbocycles. The van der Waals surface area contributed by atoms with E-state index >= 15 is 0 Å². The Labute approximate surface area is 186 Å². The first kappa shape index (κ1) is 22.8. The molecule has 1 heterocycles. The zero-order chi connectivity index (χ0) is 21.1. The first-order valence-corrected chi connectivity index (χ1v) is 15.4. The third-order valence-corrected chi connectivity index (χ3v) is 13.5. The van der Waals surface area contributed by atoms with Crippen LogP contribution in [0.3, 0.4) is 0 Å². The van der Waals surface area contributed by atoms with Gasteiger partial charge in [-0.3, -0.25) is 0 Å². The van der Waals surface area contributed by atoms with Crippen LogP contribution in [0, 0.1) is 0 Å². The smallest absolute Gasteiger partial charge is 0.250 e. The van der Waals surface area contributed by atoms with E-state index < -0.39 is 14.4 Å². The van der Waals surface area contributed by atoms with Gasteiger partial charge in [0.25, 0.3) is 0 Å². The van der Waals surface area contributed by atoms with Crippen molar-refractivity contribution < 1.29 is 9.53 Å². The Balaban J connectivity index is 1.89. The van der Waals surface area contributed by atoms with Crippen LogP contribution in [0.25, 0.3) is 0 Å². The molecule has 29 heavy (non-hydrogen) atoms. The average Bonchev–Trinajstić information content (AvgIpc) is 2.69. The molecule has 0 radical (unpaired) electrons. The second kappa shape index (κ2) is 9.50. The van der Waals surface area contributed by atoms with E-state index in [1.165, 1.54) is 23.5 Å². The highest BCUT2D eigenvalue weighted by molar-refractivity contribution is 8.17. The minimum Gasteiger partial charge on any atom is -0.543 e. The average molecular weight is 447 g/mol. The third-order valence-electron chi connectivity index (χ3n) is 6.05. The van der Waals surface area contributed by atoms with E-state index in [0.717, 1.165) is 11.3 Å². The Kier molecular flexibility index (Phi) is 7.47. The molecule has 1 fully saturated rings. The molecular weight excluding hydrogens is 412 g/mol. The van der Waals surface area contributed by atoms with Gasteiger partial charge in [-0.1, -0.05) is 63.2 Å². The van der Waals surface area contributed by atoms with Crippen molar-refractivity contribution in [1.82, 2.24) is 0 Å². The van der Waals surface area contributed by atoms with Crippen LogP contribution in [0.15, 0.2) is 54.6 Å². The Morgan fingerprint density at radius 1 is 0.966 bits per heavy atom. The highest BCUT2D eigenvalue weighted by Gasteiger charge is 2.39. The lowest BCUT2D eigenvalue weighted by Gasteiger charge is -2.37. The lowest BCUT2D eigenvalue weighted by atomic mass is 9.90. The van der Waals surface area contributed by atoms with Gasteiger partial charge in [-0.05, 0) is 59.3 Å². The molecule has 2 aromatic carbocycles. The van der Waals surface area contributed by atoms with Crippen molar-refractivity contribution in [2.24, 2.45) is 0 Å². The number of benzene rings is 2. The van der Waals surface area contributed by atoms with E-state index in [0.29, 0.717) is 4.58 Å². The van der Waals surface area contributed by atoms with Crippen LogP contribution in [0.4, 0.5) is 0 Å². The molecule has 0 spiro atoms. The normalized spacial score (nSPS) is 18.3. The largest absolute Gasteiger partial charge is 0.543 e. The van der Waals surface area contributed by atoms with E-state index in [4.69, 9.17) is 4.43 Å². The Morgan fingerprint density at radius 3 is 2.21 bits per heavy atom. The van der Waals surface area contributed by atoms with Gasteiger partial charge in [0.1, 0.15) is 5.75 Å². The fourth-order valence-corrected chi connectivity index (χ4v) is 7.57. The molecule has 1 N–H and O–H groups in total. The third kappa shape index (κ3) is 5.63. The molecule has 2 aromatic rings. The van der Waals surface area contributed by atoms with Crippen LogP contribution in [0.1, 0.15) is 50.3 Å². The van der Waals surface area contributed by atoms with Crippen molar-refractivity contribution in [3.05, 3.63) is 65.7 Å². The molecular formula is C24H34O2S2Si. The molecule has 1 aliphatic rings. The van der Waals surface area contributed by atoms with Crippen LogP contribution < -0.4 is 4.43 Å². The SMILES string of the molecule is CC(C)(C)[Si](C)(C)Oc1cccc(C(O)C(c2ccccc2)C2SCCCS2)c1. The summed E-state index contributed by atoms with van der Waals surface area (Å²) in [5.74, 6) is 3.28. The first-order chi connectivity index (χ1) is 13.7. The summed E-state index contributed by atoms with van der Waals surface area (Å²) in [6.07, 6.45) is 0.697.